The van der Waals surface area contributed by atoms with Crippen molar-refractivity contribution in [1.29, 1.82) is 0 Å². The fraction of sp³-hybridized carbons (Fsp3) is 0.211. The molecule has 1 heterocycles. The molecule has 2 aromatic rings. The van der Waals surface area contributed by atoms with Gasteiger partial charge in [-0.2, -0.15) is 0 Å². The molecule has 0 aliphatic carbocycles. The minimum atomic E-state index is -0.544. The Balaban J connectivity index is 1.57. The fourth-order valence-corrected chi connectivity index (χ4v) is 2.93. The van der Waals surface area contributed by atoms with Crippen molar-refractivity contribution in [2.75, 3.05) is 18.1 Å². The maximum absolute atomic E-state index is 12.4. The molecule has 0 radical (unpaired) electrons. The van der Waals surface area contributed by atoms with Crippen molar-refractivity contribution in [2.24, 2.45) is 0 Å². The molecule has 0 spiro atoms. The molecule has 27 heavy (non-hydrogen) atoms. The number of carbonyl (C=O) groups excluding carboxylic acids is 3. The standard InChI is InChI=1S/C19H18ClN3O4/c20-14-7-2-4-9-16(14)27-12-17(24)21-22-19(26)13-6-1-3-8-15(13)23-11-5-10-18(23)25/h1-4,6-9H,5,10-12H2,(H,21,24)(H,22,26). The van der Waals surface area contributed by atoms with E-state index in [2.05, 4.69) is 10.9 Å². The second kappa shape index (κ2) is 8.55. The van der Waals surface area contributed by atoms with Crippen LogP contribution < -0.4 is 20.5 Å². The van der Waals surface area contributed by atoms with Gasteiger partial charge in [0.05, 0.1) is 16.3 Å². The topological polar surface area (TPSA) is 87.7 Å². The van der Waals surface area contributed by atoms with Crippen molar-refractivity contribution in [1.82, 2.24) is 10.9 Å². The van der Waals surface area contributed by atoms with Crippen molar-refractivity contribution < 1.29 is 19.1 Å². The smallest absolute Gasteiger partial charge is 0.276 e. The third kappa shape index (κ3) is 4.57. The van der Waals surface area contributed by atoms with Crippen LogP contribution in [0.25, 0.3) is 0 Å². The summed E-state index contributed by atoms with van der Waals surface area (Å²) in [4.78, 5) is 37.9. The summed E-state index contributed by atoms with van der Waals surface area (Å²) in [5.41, 5.74) is 5.46. The Hall–Kier alpha value is -3.06. The average Bonchev–Trinajstić information content (AvgIpc) is 3.11. The second-order valence-electron chi connectivity index (χ2n) is 5.89. The Bertz CT molecular complexity index is 872. The van der Waals surface area contributed by atoms with Crippen molar-refractivity contribution >= 4 is 35.0 Å². The lowest BCUT2D eigenvalue weighted by atomic mass is 10.1. The van der Waals surface area contributed by atoms with Crippen molar-refractivity contribution in [3.8, 4) is 5.75 Å². The quantitative estimate of drug-likeness (QED) is 0.770. The average molecular weight is 388 g/mol. The first-order valence-electron chi connectivity index (χ1n) is 8.42. The summed E-state index contributed by atoms with van der Waals surface area (Å²) in [7, 11) is 0. The molecule has 8 heteroatoms. The minimum Gasteiger partial charge on any atom is -0.482 e. The third-order valence-electron chi connectivity index (χ3n) is 4.02. The Morgan fingerprint density at radius 1 is 1.07 bits per heavy atom. The predicted molar refractivity (Wildman–Crippen MR) is 101 cm³/mol. The van der Waals surface area contributed by atoms with Gasteiger partial charge in [0, 0.05) is 13.0 Å². The maximum atomic E-state index is 12.4. The normalized spacial score (nSPS) is 13.4. The zero-order valence-corrected chi connectivity index (χ0v) is 15.2. The lowest BCUT2D eigenvalue weighted by molar-refractivity contribution is -0.123. The summed E-state index contributed by atoms with van der Waals surface area (Å²) in [6.45, 7) is 0.261. The number of anilines is 1. The van der Waals surface area contributed by atoms with Gasteiger partial charge in [0.25, 0.3) is 11.8 Å². The van der Waals surface area contributed by atoms with Crippen molar-refractivity contribution in [3.63, 3.8) is 0 Å². The second-order valence-corrected chi connectivity index (χ2v) is 6.29. The summed E-state index contributed by atoms with van der Waals surface area (Å²) in [5.74, 6) is -0.708. The van der Waals surface area contributed by atoms with E-state index in [0.29, 0.717) is 35.0 Å². The molecule has 0 aromatic heterocycles. The summed E-state index contributed by atoms with van der Waals surface area (Å²) in [6.07, 6.45) is 1.22. The van der Waals surface area contributed by atoms with E-state index in [1.807, 2.05) is 0 Å². The van der Waals surface area contributed by atoms with E-state index >= 15 is 0 Å². The number of halogens is 1. The molecule has 3 rings (SSSR count). The van der Waals surface area contributed by atoms with Crippen LogP contribution in [0.3, 0.4) is 0 Å². The molecular weight excluding hydrogens is 370 g/mol. The van der Waals surface area contributed by atoms with Gasteiger partial charge in [-0.25, -0.2) is 0 Å². The summed E-state index contributed by atoms with van der Waals surface area (Å²) in [5, 5.41) is 0.388. The van der Waals surface area contributed by atoms with E-state index in [0.717, 1.165) is 6.42 Å². The van der Waals surface area contributed by atoms with Gasteiger partial charge in [-0.15, -0.1) is 0 Å². The number of rotatable bonds is 5. The Kier molecular flexibility index (Phi) is 5.93. The molecule has 1 saturated heterocycles. The van der Waals surface area contributed by atoms with Crippen LogP contribution in [0.4, 0.5) is 5.69 Å². The van der Waals surface area contributed by atoms with E-state index in [-0.39, 0.29) is 12.5 Å². The number of benzene rings is 2. The molecule has 2 N–H and O–H groups in total. The van der Waals surface area contributed by atoms with Crippen LogP contribution in [-0.2, 0) is 9.59 Å². The van der Waals surface area contributed by atoms with Crippen LogP contribution in [0.5, 0.6) is 5.75 Å². The van der Waals surface area contributed by atoms with Crippen molar-refractivity contribution in [2.45, 2.75) is 12.8 Å². The number of hydrogen-bond acceptors (Lipinski definition) is 4. The first-order valence-corrected chi connectivity index (χ1v) is 8.80. The number of hydrazine groups is 1. The Labute approximate surface area is 161 Å². The van der Waals surface area contributed by atoms with Crippen LogP contribution in [0.2, 0.25) is 5.02 Å². The van der Waals surface area contributed by atoms with Gasteiger partial charge in [-0.1, -0.05) is 35.9 Å². The van der Waals surface area contributed by atoms with E-state index in [1.165, 1.54) is 0 Å². The minimum absolute atomic E-state index is 0.0209. The third-order valence-corrected chi connectivity index (χ3v) is 4.34. The molecule has 0 atom stereocenters. The predicted octanol–water partition coefficient (Wildman–Crippen LogP) is 2.31. The van der Waals surface area contributed by atoms with Gasteiger partial charge in [-0.3, -0.25) is 25.2 Å². The van der Waals surface area contributed by atoms with E-state index in [1.54, 1.807) is 53.4 Å². The molecule has 1 aliphatic rings. The Morgan fingerprint density at radius 3 is 2.56 bits per heavy atom. The number of amides is 3. The Morgan fingerprint density at radius 2 is 1.81 bits per heavy atom. The number of ether oxygens (including phenoxy) is 1. The molecule has 140 valence electrons. The number of nitrogens with one attached hydrogen (secondary N) is 2. The van der Waals surface area contributed by atoms with Gasteiger partial charge < -0.3 is 9.64 Å². The van der Waals surface area contributed by atoms with E-state index in [4.69, 9.17) is 16.3 Å². The summed E-state index contributed by atoms with van der Waals surface area (Å²) >= 11 is 5.95. The van der Waals surface area contributed by atoms with Gasteiger partial charge in [0.15, 0.2) is 6.61 Å². The zero-order valence-electron chi connectivity index (χ0n) is 14.4. The van der Waals surface area contributed by atoms with Gasteiger partial charge in [0.1, 0.15) is 5.75 Å². The molecule has 0 unspecified atom stereocenters. The molecule has 0 saturated carbocycles. The highest BCUT2D eigenvalue weighted by atomic mass is 35.5. The molecule has 1 fully saturated rings. The maximum Gasteiger partial charge on any atom is 0.276 e. The molecule has 7 nitrogen and oxygen atoms in total. The highest BCUT2D eigenvalue weighted by Crippen LogP contribution is 2.25. The number of nitrogens with zero attached hydrogens (tertiary/aromatic N) is 1. The first-order chi connectivity index (χ1) is 13.1. The van der Waals surface area contributed by atoms with Crippen LogP contribution >= 0.6 is 11.6 Å². The van der Waals surface area contributed by atoms with E-state index in [9.17, 15) is 14.4 Å². The van der Waals surface area contributed by atoms with Crippen LogP contribution in [0, 0.1) is 0 Å². The zero-order chi connectivity index (χ0) is 19.2. The summed E-state index contributed by atoms with van der Waals surface area (Å²) in [6, 6.07) is 13.5. The highest BCUT2D eigenvalue weighted by Gasteiger charge is 2.25. The van der Waals surface area contributed by atoms with Gasteiger partial charge in [0.2, 0.25) is 5.91 Å². The van der Waals surface area contributed by atoms with E-state index < -0.39 is 11.8 Å². The van der Waals surface area contributed by atoms with Crippen LogP contribution in [0.1, 0.15) is 23.2 Å². The molecular formula is C19H18ClN3O4. The number of carbonyl (C=O) groups is 3. The van der Waals surface area contributed by atoms with Crippen molar-refractivity contribution in [3.05, 3.63) is 59.1 Å². The lowest BCUT2D eigenvalue weighted by Gasteiger charge is -2.19. The number of para-hydroxylation sites is 2. The molecule has 3 amide bonds. The fourth-order valence-electron chi connectivity index (χ4n) is 2.74. The monoisotopic (exact) mass is 387 g/mol. The van der Waals surface area contributed by atoms with Crippen LogP contribution in [0.15, 0.2) is 48.5 Å². The largest absolute Gasteiger partial charge is 0.482 e. The van der Waals surface area contributed by atoms with Gasteiger partial charge >= 0.3 is 0 Å². The lowest BCUT2D eigenvalue weighted by Crippen LogP contribution is -2.44. The molecule has 1 aliphatic heterocycles. The van der Waals surface area contributed by atoms with Gasteiger partial charge in [-0.05, 0) is 30.7 Å². The first kappa shape index (κ1) is 18.7. The number of hydrogen-bond donors (Lipinski definition) is 2. The summed E-state index contributed by atoms with van der Waals surface area (Å²) < 4.78 is 5.31. The molecule has 2 aromatic carbocycles. The molecule has 0 bridgehead atoms. The highest BCUT2D eigenvalue weighted by molar-refractivity contribution is 6.32. The SMILES string of the molecule is O=C(COc1ccccc1Cl)NNC(=O)c1ccccc1N1CCCC1=O. The van der Waals surface area contributed by atoms with Crippen LogP contribution in [-0.4, -0.2) is 30.9 Å².